The van der Waals surface area contributed by atoms with Gasteiger partial charge in [-0.2, -0.15) is 0 Å². The first kappa shape index (κ1) is 11.3. The number of aliphatic hydroxyl groups is 1. The third-order valence-electron chi connectivity index (χ3n) is 1.83. The quantitative estimate of drug-likeness (QED) is 0.862. The lowest BCUT2D eigenvalue weighted by Crippen LogP contribution is -1.99. The van der Waals surface area contributed by atoms with E-state index in [0.29, 0.717) is 0 Å². The Hall–Kier alpha value is -0.810. The van der Waals surface area contributed by atoms with Crippen molar-refractivity contribution >= 4 is 15.9 Å². The molecule has 1 aromatic carbocycles. The van der Waals surface area contributed by atoms with Crippen LogP contribution in [0.4, 0.5) is 4.39 Å². The van der Waals surface area contributed by atoms with Crippen LogP contribution < -0.4 is 4.74 Å². The number of aliphatic hydroxyl groups excluding tert-OH is 1. The van der Waals surface area contributed by atoms with Crippen LogP contribution >= 0.6 is 15.9 Å². The van der Waals surface area contributed by atoms with E-state index in [0.717, 1.165) is 6.07 Å². The largest absolute Gasteiger partial charge is 0.503 e. The number of phenols is 1. The number of hydrogen-bond donors (Lipinski definition) is 2. The molecule has 0 heterocycles. The molecule has 14 heavy (non-hydrogen) atoms. The minimum atomic E-state index is -0.999. The molecule has 0 aliphatic carbocycles. The first-order chi connectivity index (χ1) is 6.49. The molecule has 0 spiro atoms. The van der Waals surface area contributed by atoms with E-state index in [2.05, 4.69) is 15.9 Å². The van der Waals surface area contributed by atoms with Gasteiger partial charge in [0, 0.05) is 11.6 Å². The third-order valence-corrected chi connectivity index (χ3v) is 2.63. The summed E-state index contributed by atoms with van der Waals surface area (Å²) in [4.78, 5) is 0. The van der Waals surface area contributed by atoms with Crippen LogP contribution in [0.15, 0.2) is 10.5 Å². The number of halogens is 2. The van der Waals surface area contributed by atoms with Crippen molar-refractivity contribution in [3.8, 4) is 11.5 Å². The number of aromatic hydroxyl groups is 1. The Kier molecular flexibility index (Phi) is 3.34. The molecule has 78 valence electrons. The molecule has 0 saturated heterocycles. The standard InChI is InChI=1S/C9H10BrFO3/c1-4(12)7-5(11)3-6(14-2)9(13)8(7)10/h3-4,12-13H,1-2H3. The second kappa shape index (κ2) is 4.14. The van der Waals surface area contributed by atoms with Gasteiger partial charge in [-0.3, -0.25) is 0 Å². The van der Waals surface area contributed by atoms with Crippen molar-refractivity contribution in [2.75, 3.05) is 7.11 Å². The zero-order valence-corrected chi connectivity index (χ0v) is 9.30. The summed E-state index contributed by atoms with van der Waals surface area (Å²) in [5.74, 6) is -0.815. The molecule has 0 aliphatic heterocycles. The maximum absolute atomic E-state index is 13.3. The van der Waals surface area contributed by atoms with Crippen LogP contribution in [0.3, 0.4) is 0 Å². The molecular weight excluding hydrogens is 255 g/mol. The highest BCUT2D eigenvalue weighted by Gasteiger charge is 2.19. The molecule has 5 heteroatoms. The predicted molar refractivity (Wildman–Crippen MR) is 53.0 cm³/mol. The third kappa shape index (κ3) is 1.83. The molecule has 3 nitrogen and oxygen atoms in total. The van der Waals surface area contributed by atoms with Crippen LogP contribution in [-0.4, -0.2) is 17.3 Å². The molecular formula is C9H10BrFO3. The number of benzene rings is 1. The molecule has 0 amide bonds. The first-order valence-electron chi connectivity index (χ1n) is 3.92. The molecule has 0 saturated carbocycles. The van der Waals surface area contributed by atoms with Gasteiger partial charge in [0.25, 0.3) is 0 Å². The lowest BCUT2D eigenvalue weighted by Gasteiger charge is -2.13. The Morgan fingerprint density at radius 2 is 2.14 bits per heavy atom. The van der Waals surface area contributed by atoms with Crippen LogP contribution in [0.2, 0.25) is 0 Å². The smallest absolute Gasteiger partial charge is 0.172 e. The number of phenolic OH excluding ortho intramolecular Hbond substituents is 1. The molecule has 2 N–H and O–H groups in total. The van der Waals surface area contributed by atoms with Crippen molar-refractivity contribution in [1.29, 1.82) is 0 Å². The Labute approximate surface area is 89.3 Å². The van der Waals surface area contributed by atoms with E-state index in [4.69, 9.17) is 4.74 Å². The van der Waals surface area contributed by atoms with E-state index in [1.54, 1.807) is 0 Å². The van der Waals surface area contributed by atoms with Gasteiger partial charge in [0.15, 0.2) is 11.5 Å². The molecule has 0 bridgehead atoms. The maximum atomic E-state index is 13.3. The summed E-state index contributed by atoms with van der Waals surface area (Å²) in [6, 6.07) is 1.03. The highest BCUT2D eigenvalue weighted by Crippen LogP contribution is 2.40. The van der Waals surface area contributed by atoms with E-state index in [1.165, 1.54) is 14.0 Å². The predicted octanol–water partition coefficient (Wildman–Crippen LogP) is 2.36. The molecule has 1 aromatic rings. The monoisotopic (exact) mass is 264 g/mol. The topological polar surface area (TPSA) is 49.7 Å². The second-order valence-electron chi connectivity index (χ2n) is 2.81. The number of ether oxygens (including phenoxy) is 1. The molecule has 0 fully saturated rings. The average molecular weight is 265 g/mol. The molecule has 0 radical (unpaired) electrons. The number of hydrogen-bond acceptors (Lipinski definition) is 3. The van der Waals surface area contributed by atoms with Crippen molar-refractivity contribution < 1.29 is 19.3 Å². The van der Waals surface area contributed by atoms with Crippen molar-refractivity contribution in [2.24, 2.45) is 0 Å². The summed E-state index contributed by atoms with van der Waals surface area (Å²) in [5.41, 5.74) is 0.0169. The molecule has 1 atom stereocenters. The van der Waals surface area contributed by atoms with Crippen LogP contribution in [0, 0.1) is 5.82 Å². The van der Waals surface area contributed by atoms with E-state index < -0.39 is 11.9 Å². The van der Waals surface area contributed by atoms with Gasteiger partial charge in [0.1, 0.15) is 5.82 Å². The summed E-state index contributed by atoms with van der Waals surface area (Å²) < 4.78 is 18.2. The van der Waals surface area contributed by atoms with Crippen LogP contribution in [0.1, 0.15) is 18.6 Å². The van der Waals surface area contributed by atoms with Gasteiger partial charge in [0.2, 0.25) is 0 Å². The Bertz CT molecular complexity index is 352. The zero-order chi connectivity index (χ0) is 10.9. The number of rotatable bonds is 2. The van der Waals surface area contributed by atoms with Crippen LogP contribution in [-0.2, 0) is 0 Å². The Morgan fingerprint density at radius 1 is 1.57 bits per heavy atom. The van der Waals surface area contributed by atoms with Gasteiger partial charge in [-0.05, 0) is 22.9 Å². The van der Waals surface area contributed by atoms with Crippen molar-refractivity contribution in [3.63, 3.8) is 0 Å². The van der Waals surface area contributed by atoms with E-state index in [9.17, 15) is 14.6 Å². The second-order valence-corrected chi connectivity index (χ2v) is 3.61. The molecule has 1 unspecified atom stereocenters. The van der Waals surface area contributed by atoms with E-state index in [1.807, 2.05) is 0 Å². The fourth-order valence-electron chi connectivity index (χ4n) is 1.14. The van der Waals surface area contributed by atoms with E-state index in [-0.39, 0.29) is 21.5 Å². The fraction of sp³-hybridized carbons (Fsp3) is 0.333. The summed E-state index contributed by atoms with van der Waals surface area (Å²) in [6.07, 6.45) is -0.999. The van der Waals surface area contributed by atoms with Gasteiger partial charge in [-0.25, -0.2) is 4.39 Å². The van der Waals surface area contributed by atoms with Gasteiger partial charge in [-0.15, -0.1) is 0 Å². The summed E-state index contributed by atoms with van der Waals surface area (Å²) in [6.45, 7) is 1.41. The lowest BCUT2D eigenvalue weighted by molar-refractivity contribution is 0.192. The minimum Gasteiger partial charge on any atom is -0.503 e. The van der Waals surface area contributed by atoms with Gasteiger partial charge >= 0.3 is 0 Å². The Morgan fingerprint density at radius 3 is 2.57 bits per heavy atom. The summed E-state index contributed by atoms with van der Waals surface area (Å²) in [7, 11) is 1.32. The van der Waals surface area contributed by atoms with Crippen molar-refractivity contribution in [1.82, 2.24) is 0 Å². The summed E-state index contributed by atoms with van der Waals surface area (Å²) >= 11 is 2.99. The van der Waals surface area contributed by atoms with Gasteiger partial charge in [0.05, 0.1) is 17.7 Å². The minimum absolute atomic E-state index is 0.0169. The molecule has 1 rings (SSSR count). The average Bonchev–Trinajstić information content (AvgIpc) is 2.10. The zero-order valence-electron chi connectivity index (χ0n) is 7.71. The van der Waals surface area contributed by atoms with E-state index >= 15 is 0 Å². The Balaban J connectivity index is 3.41. The molecule has 0 aromatic heterocycles. The fourth-order valence-corrected chi connectivity index (χ4v) is 1.86. The van der Waals surface area contributed by atoms with Crippen molar-refractivity contribution in [3.05, 3.63) is 21.9 Å². The highest BCUT2D eigenvalue weighted by atomic mass is 79.9. The molecule has 0 aliphatic rings. The SMILES string of the molecule is COc1cc(F)c(C(C)O)c(Br)c1O. The van der Waals surface area contributed by atoms with Crippen LogP contribution in [0.5, 0.6) is 11.5 Å². The van der Waals surface area contributed by atoms with Crippen molar-refractivity contribution in [2.45, 2.75) is 13.0 Å². The normalized spacial score (nSPS) is 12.6. The lowest BCUT2D eigenvalue weighted by atomic mass is 10.1. The first-order valence-corrected chi connectivity index (χ1v) is 4.71. The van der Waals surface area contributed by atoms with Gasteiger partial charge in [-0.1, -0.05) is 0 Å². The number of methoxy groups -OCH3 is 1. The van der Waals surface area contributed by atoms with Crippen LogP contribution in [0.25, 0.3) is 0 Å². The highest BCUT2D eigenvalue weighted by molar-refractivity contribution is 9.10. The maximum Gasteiger partial charge on any atom is 0.172 e. The van der Waals surface area contributed by atoms with Gasteiger partial charge < -0.3 is 14.9 Å². The summed E-state index contributed by atoms with van der Waals surface area (Å²) in [5, 5.41) is 18.8.